The summed E-state index contributed by atoms with van der Waals surface area (Å²) >= 11 is 6.17. The maximum Gasteiger partial charge on any atom is 0.138 e. The zero-order chi connectivity index (χ0) is 15.4. The van der Waals surface area contributed by atoms with Gasteiger partial charge in [0, 0.05) is 11.6 Å². The van der Waals surface area contributed by atoms with Gasteiger partial charge in [0.25, 0.3) is 0 Å². The van der Waals surface area contributed by atoms with Crippen LogP contribution in [0.1, 0.15) is 29.7 Å². The maximum atomic E-state index is 6.17. The van der Waals surface area contributed by atoms with Gasteiger partial charge >= 0.3 is 0 Å². The maximum absolute atomic E-state index is 6.17. The smallest absolute Gasteiger partial charge is 0.138 e. The van der Waals surface area contributed by atoms with Crippen LogP contribution in [0.3, 0.4) is 0 Å². The molecule has 112 valence electrons. The average Bonchev–Trinajstić information content (AvgIpc) is 2.46. The molecule has 0 saturated carbocycles. The molecule has 1 atom stereocenters. The van der Waals surface area contributed by atoms with Crippen molar-refractivity contribution < 1.29 is 9.47 Å². The number of methoxy groups -OCH3 is 1. The van der Waals surface area contributed by atoms with Crippen molar-refractivity contribution >= 4 is 11.6 Å². The van der Waals surface area contributed by atoms with Crippen molar-refractivity contribution in [2.24, 2.45) is 5.73 Å². The van der Waals surface area contributed by atoms with E-state index in [1.165, 1.54) is 0 Å². The molecule has 0 amide bonds. The lowest BCUT2D eigenvalue weighted by Gasteiger charge is -2.14. The SMILES string of the molecule is COc1ccc(C(C)N)cc1COc1ccc(C)cc1Cl. The summed E-state index contributed by atoms with van der Waals surface area (Å²) in [6.45, 7) is 4.32. The minimum absolute atomic E-state index is 0.0300. The van der Waals surface area contributed by atoms with Gasteiger partial charge in [-0.2, -0.15) is 0 Å². The van der Waals surface area contributed by atoms with E-state index in [2.05, 4.69) is 0 Å². The Morgan fingerprint density at radius 1 is 1.14 bits per heavy atom. The first-order valence-electron chi connectivity index (χ1n) is 6.82. The van der Waals surface area contributed by atoms with Gasteiger partial charge in [0.2, 0.25) is 0 Å². The summed E-state index contributed by atoms with van der Waals surface area (Å²) in [6.07, 6.45) is 0. The fraction of sp³-hybridized carbons (Fsp3) is 0.294. The number of ether oxygens (including phenoxy) is 2. The molecule has 1 unspecified atom stereocenters. The van der Waals surface area contributed by atoms with E-state index in [9.17, 15) is 0 Å². The highest BCUT2D eigenvalue weighted by atomic mass is 35.5. The van der Waals surface area contributed by atoms with Crippen molar-refractivity contribution in [3.63, 3.8) is 0 Å². The van der Waals surface area contributed by atoms with Gasteiger partial charge in [0.1, 0.15) is 18.1 Å². The molecule has 3 nitrogen and oxygen atoms in total. The molecule has 0 aliphatic carbocycles. The van der Waals surface area contributed by atoms with Crippen molar-refractivity contribution in [3.05, 3.63) is 58.1 Å². The number of aryl methyl sites for hydroxylation is 1. The second-order valence-corrected chi connectivity index (χ2v) is 5.49. The van der Waals surface area contributed by atoms with Crippen molar-refractivity contribution in [1.82, 2.24) is 0 Å². The van der Waals surface area contributed by atoms with E-state index in [4.69, 9.17) is 26.8 Å². The Kier molecular flexibility index (Phi) is 5.10. The summed E-state index contributed by atoms with van der Waals surface area (Å²) in [4.78, 5) is 0. The lowest BCUT2D eigenvalue weighted by atomic mass is 10.1. The van der Waals surface area contributed by atoms with Crippen LogP contribution in [0.4, 0.5) is 0 Å². The van der Waals surface area contributed by atoms with Crippen LogP contribution in [0.2, 0.25) is 5.02 Å². The third kappa shape index (κ3) is 3.90. The number of halogens is 1. The Morgan fingerprint density at radius 2 is 1.86 bits per heavy atom. The molecular weight excluding hydrogens is 286 g/mol. The van der Waals surface area contributed by atoms with Crippen LogP contribution in [0.5, 0.6) is 11.5 Å². The van der Waals surface area contributed by atoms with E-state index in [0.717, 1.165) is 22.4 Å². The average molecular weight is 306 g/mol. The first kappa shape index (κ1) is 15.7. The summed E-state index contributed by atoms with van der Waals surface area (Å²) in [5.41, 5.74) is 9.01. The molecule has 0 fully saturated rings. The van der Waals surface area contributed by atoms with Gasteiger partial charge in [-0.25, -0.2) is 0 Å². The van der Waals surface area contributed by atoms with Crippen molar-refractivity contribution in [2.45, 2.75) is 26.5 Å². The minimum atomic E-state index is -0.0300. The number of hydrogen-bond donors (Lipinski definition) is 1. The molecule has 2 aromatic carbocycles. The minimum Gasteiger partial charge on any atom is -0.496 e. The zero-order valence-electron chi connectivity index (χ0n) is 12.5. The molecule has 2 aromatic rings. The Bertz CT molecular complexity index is 626. The van der Waals surface area contributed by atoms with E-state index in [1.54, 1.807) is 7.11 Å². The Balaban J connectivity index is 2.20. The largest absolute Gasteiger partial charge is 0.496 e. The molecular formula is C17H20ClNO2. The van der Waals surface area contributed by atoms with Crippen LogP contribution in [-0.4, -0.2) is 7.11 Å². The standard InChI is InChI=1S/C17H20ClNO2/c1-11-4-6-17(15(18)8-11)21-10-14-9-13(12(2)19)5-7-16(14)20-3/h4-9,12H,10,19H2,1-3H3. The number of hydrogen-bond acceptors (Lipinski definition) is 3. The van der Waals surface area contributed by atoms with Crippen molar-refractivity contribution in [3.8, 4) is 11.5 Å². The van der Waals surface area contributed by atoms with E-state index in [-0.39, 0.29) is 6.04 Å². The lowest BCUT2D eigenvalue weighted by Crippen LogP contribution is -2.07. The van der Waals surface area contributed by atoms with Gasteiger partial charge in [-0.1, -0.05) is 23.7 Å². The molecule has 2 rings (SSSR count). The van der Waals surface area contributed by atoms with Gasteiger partial charge in [-0.3, -0.25) is 0 Å². The molecule has 4 heteroatoms. The first-order valence-corrected chi connectivity index (χ1v) is 7.20. The second-order valence-electron chi connectivity index (χ2n) is 5.08. The molecule has 21 heavy (non-hydrogen) atoms. The molecule has 0 aliphatic rings. The second kappa shape index (κ2) is 6.83. The van der Waals surface area contributed by atoms with Crippen LogP contribution >= 0.6 is 11.6 Å². The zero-order valence-corrected chi connectivity index (χ0v) is 13.3. The van der Waals surface area contributed by atoms with Gasteiger partial charge in [-0.05, 0) is 49.2 Å². The molecule has 0 bridgehead atoms. The van der Waals surface area contributed by atoms with Crippen LogP contribution in [0.15, 0.2) is 36.4 Å². The van der Waals surface area contributed by atoms with Crippen molar-refractivity contribution in [1.29, 1.82) is 0 Å². The summed E-state index contributed by atoms with van der Waals surface area (Å²) in [5.74, 6) is 1.44. The number of nitrogens with two attached hydrogens (primary N) is 1. The van der Waals surface area contributed by atoms with E-state index >= 15 is 0 Å². The quantitative estimate of drug-likeness (QED) is 0.898. The van der Waals surface area contributed by atoms with E-state index in [0.29, 0.717) is 17.4 Å². The molecule has 0 radical (unpaired) electrons. The van der Waals surface area contributed by atoms with Gasteiger partial charge in [0.15, 0.2) is 0 Å². The highest BCUT2D eigenvalue weighted by molar-refractivity contribution is 6.32. The summed E-state index contributed by atoms with van der Waals surface area (Å²) in [6, 6.07) is 11.6. The Morgan fingerprint density at radius 3 is 2.48 bits per heavy atom. The van der Waals surface area contributed by atoms with Gasteiger partial charge in [0.05, 0.1) is 12.1 Å². The highest BCUT2D eigenvalue weighted by Gasteiger charge is 2.09. The molecule has 2 N–H and O–H groups in total. The fourth-order valence-corrected chi connectivity index (χ4v) is 2.36. The number of rotatable bonds is 5. The van der Waals surface area contributed by atoms with Gasteiger partial charge in [-0.15, -0.1) is 0 Å². The summed E-state index contributed by atoms with van der Waals surface area (Å²) in [7, 11) is 1.64. The lowest BCUT2D eigenvalue weighted by molar-refractivity contribution is 0.296. The van der Waals surface area contributed by atoms with Crippen LogP contribution in [-0.2, 0) is 6.61 Å². The van der Waals surface area contributed by atoms with E-state index < -0.39 is 0 Å². The van der Waals surface area contributed by atoms with E-state index in [1.807, 2.05) is 50.2 Å². The van der Waals surface area contributed by atoms with Crippen molar-refractivity contribution in [2.75, 3.05) is 7.11 Å². The topological polar surface area (TPSA) is 44.5 Å². The molecule has 0 saturated heterocycles. The molecule has 0 heterocycles. The summed E-state index contributed by atoms with van der Waals surface area (Å²) in [5, 5.41) is 0.609. The Labute approximate surface area is 130 Å². The monoisotopic (exact) mass is 305 g/mol. The predicted octanol–water partition coefficient (Wildman–Crippen LogP) is 4.26. The molecule has 0 aliphatic heterocycles. The third-order valence-corrected chi connectivity index (χ3v) is 3.60. The first-order chi connectivity index (χ1) is 10.0. The third-order valence-electron chi connectivity index (χ3n) is 3.30. The highest BCUT2D eigenvalue weighted by Crippen LogP contribution is 2.28. The fourth-order valence-electron chi connectivity index (χ4n) is 2.07. The summed E-state index contributed by atoms with van der Waals surface area (Å²) < 4.78 is 11.2. The molecule has 0 aromatic heterocycles. The Hall–Kier alpha value is -1.71. The number of benzene rings is 2. The van der Waals surface area contributed by atoms with Crippen LogP contribution in [0.25, 0.3) is 0 Å². The van der Waals surface area contributed by atoms with Crippen LogP contribution in [0, 0.1) is 6.92 Å². The van der Waals surface area contributed by atoms with Crippen LogP contribution < -0.4 is 15.2 Å². The normalized spacial score (nSPS) is 12.0. The molecule has 0 spiro atoms. The van der Waals surface area contributed by atoms with Gasteiger partial charge < -0.3 is 15.2 Å². The predicted molar refractivity (Wildman–Crippen MR) is 86.1 cm³/mol.